The van der Waals surface area contributed by atoms with Crippen molar-refractivity contribution in [3.8, 4) is 5.69 Å². The van der Waals surface area contributed by atoms with E-state index in [0.29, 0.717) is 43.1 Å². The van der Waals surface area contributed by atoms with Gasteiger partial charge in [0.1, 0.15) is 6.01 Å². The average Bonchev–Trinajstić information content (AvgIpc) is 3.65. The van der Waals surface area contributed by atoms with Crippen molar-refractivity contribution in [3.05, 3.63) is 47.3 Å². The molecule has 2 aromatic rings. The molecule has 0 aliphatic heterocycles. The van der Waals surface area contributed by atoms with Crippen LogP contribution in [0.25, 0.3) is 11.8 Å². The number of pyridine rings is 1. The largest absolute Gasteiger partial charge is 0.449 e. The molecule has 5 aliphatic carbocycles. The molecule has 7 rings (SSSR count). The predicted molar refractivity (Wildman–Crippen MR) is 153 cm³/mol. The first-order valence-electron chi connectivity index (χ1n) is 15.1. The van der Waals surface area contributed by atoms with E-state index < -0.39 is 34.2 Å². The first kappa shape index (κ1) is 28.2. The van der Waals surface area contributed by atoms with E-state index in [1.807, 2.05) is 13.1 Å². The highest BCUT2D eigenvalue weighted by atomic mass is 32.2. The molecule has 0 bridgehead atoms. The third kappa shape index (κ3) is 3.92. The summed E-state index contributed by atoms with van der Waals surface area (Å²) in [6, 6.07) is 2.12. The van der Waals surface area contributed by atoms with Gasteiger partial charge in [-0.2, -0.15) is 9.49 Å². The number of carbonyl (C=O) groups excluding carboxylic acids is 2. The van der Waals surface area contributed by atoms with Gasteiger partial charge in [-0.15, -0.1) is 0 Å². The van der Waals surface area contributed by atoms with Crippen LogP contribution in [0.4, 0.5) is 8.78 Å². The van der Waals surface area contributed by atoms with Crippen LogP contribution in [0.2, 0.25) is 0 Å². The molecule has 42 heavy (non-hydrogen) atoms. The van der Waals surface area contributed by atoms with Crippen LogP contribution in [0, 0.1) is 46.4 Å². The van der Waals surface area contributed by atoms with Crippen LogP contribution < -0.4 is 0 Å². The minimum absolute atomic E-state index is 0.0531. The number of nitrogens with zero attached hydrogens (tertiary/aromatic N) is 3. The third-order valence-electron chi connectivity index (χ3n) is 11.5. The number of hydrogen-bond donors (Lipinski definition) is 1. The molecule has 7 nitrogen and oxygen atoms in total. The molecule has 2 aromatic heterocycles. The minimum Gasteiger partial charge on any atom is -0.449 e. The van der Waals surface area contributed by atoms with Gasteiger partial charge in [0.15, 0.2) is 5.60 Å². The van der Waals surface area contributed by atoms with Gasteiger partial charge < -0.3 is 9.84 Å². The number of hydrogen-bond acceptors (Lipinski definition) is 7. The molecule has 5 aliphatic rings. The Morgan fingerprint density at radius 1 is 1.21 bits per heavy atom. The molecular formula is C32H37F2N3O4S. The lowest BCUT2D eigenvalue weighted by atomic mass is 9.44. The molecule has 0 unspecified atom stereocenters. The van der Waals surface area contributed by atoms with Crippen LogP contribution in [-0.2, 0) is 20.7 Å². The second-order valence-electron chi connectivity index (χ2n) is 13.7. The second kappa shape index (κ2) is 9.71. The number of alkyl halides is 1. The number of thioether (sulfide) groups is 1. The molecule has 0 saturated heterocycles. The number of allylic oxidation sites excluding steroid dienone is 1. The molecule has 0 aromatic carbocycles. The Bertz CT molecular complexity index is 1470. The van der Waals surface area contributed by atoms with Crippen molar-refractivity contribution >= 4 is 28.9 Å². The summed E-state index contributed by atoms with van der Waals surface area (Å²) in [6.45, 7) is 6.47. The van der Waals surface area contributed by atoms with Gasteiger partial charge >= 0.3 is 5.97 Å². The van der Waals surface area contributed by atoms with Crippen LogP contribution >= 0.6 is 11.8 Å². The fourth-order valence-electron chi connectivity index (χ4n) is 9.60. The van der Waals surface area contributed by atoms with Gasteiger partial charge in [-0.25, -0.2) is 14.1 Å². The number of carbonyl (C=O) groups is 2. The lowest BCUT2D eigenvalue weighted by molar-refractivity contribution is -0.198. The van der Waals surface area contributed by atoms with E-state index in [-0.39, 0.29) is 41.0 Å². The number of aromatic nitrogens is 3. The number of ether oxygens (including phenoxy) is 1. The summed E-state index contributed by atoms with van der Waals surface area (Å²) in [5.74, 6) is -0.772. The van der Waals surface area contributed by atoms with E-state index in [1.165, 1.54) is 17.8 Å². The Labute approximate surface area is 248 Å². The Balaban J connectivity index is 1.25. The van der Waals surface area contributed by atoms with Gasteiger partial charge in [0.05, 0.1) is 35.8 Å². The molecule has 1 N–H and O–H groups in total. The standard InChI is InChI=1S/C32H37F2N3O4S/c1-17-10-21-22-8-9-32(29(40)42-16-33,41-28(39)18-4-5-18)31(22,3)13-25(38)27(21)30(2)12-19-14-36-37(24(19)11-23(17)30)20-6-7-26(34)35-15-20/h6-7,11,14-15,17-18,21-22,25,27,38H,4-5,8-10,12-13,16H2,1-3H3/t17-,21-,22-,25-,27+,30-,31-,32-/m0/s1. The van der Waals surface area contributed by atoms with E-state index in [9.17, 15) is 23.5 Å². The van der Waals surface area contributed by atoms with Gasteiger partial charge in [0.2, 0.25) is 11.1 Å². The van der Waals surface area contributed by atoms with Gasteiger partial charge in [-0.3, -0.25) is 9.59 Å². The number of esters is 1. The maximum atomic E-state index is 13.6. The smallest absolute Gasteiger partial charge is 0.309 e. The maximum absolute atomic E-state index is 13.6. The van der Waals surface area contributed by atoms with Gasteiger partial charge in [0.25, 0.3) is 0 Å². The second-order valence-corrected chi connectivity index (χ2v) is 14.6. The van der Waals surface area contributed by atoms with E-state index >= 15 is 0 Å². The van der Waals surface area contributed by atoms with Gasteiger partial charge in [-0.1, -0.05) is 26.3 Å². The number of fused-ring (bicyclic) bond motifs is 6. The Morgan fingerprint density at radius 2 is 2.00 bits per heavy atom. The van der Waals surface area contributed by atoms with Crippen LogP contribution in [-0.4, -0.2) is 48.7 Å². The number of aliphatic hydroxyl groups is 1. The van der Waals surface area contributed by atoms with Crippen LogP contribution in [0.3, 0.4) is 0 Å². The summed E-state index contributed by atoms with van der Waals surface area (Å²) in [5, 5.41) is 16.2. The van der Waals surface area contributed by atoms with Crippen molar-refractivity contribution in [2.24, 2.45) is 40.4 Å². The molecule has 8 atom stereocenters. The highest BCUT2D eigenvalue weighted by Gasteiger charge is 2.71. The third-order valence-corrected chi connectivity index (χ3v) is 12.2. The monoisotopic (exact) mass is 597 g/mol. The van der Waals surface area contributed by atoms with Gasteiger partial charge in [0, 0.05) is 5.41 Å². The van der Waals surface area contributed by atoms with E-state index in [2.05, 4.69) is 30.0 Å². The van der Waals surface area contributed by atoms with Crippen molar-refractivity contribution in [1.82, 2.24) is 14.8 Å². The van der Waals surface area contributed by atoms with E-state index in [0.717, 1.165) is 30.5 Å². The molecule has 0 radical (unpaired) electrons. The SMILES string of the molecule is C[C@H]1C[C@@H]2[C@H]([C@@H](O)C[C@@]3(C)[C@H]2CC[C@]3(OC(=O)C2CC2)C(=O)SCF)[C@@]2(C)Cc3cnn(-c4ccc(F)nc4)c3C=C12. The zero-order valence-electron chi connectivity index (χ0n) is 24.2. The summed E-state index contributed by atoms with van der Waals surface area (Å²) in [6.07, 6.45) is 9.25. The first-order chi connectivity index (χ1) is 20.0. The topological polar surface area (TPSA) is 94.3 Å². The molecule has 10 heteroatoms. The van der Waals surface area contributed by atoms with E-state index in [1.54, 1.807) is 10.7 Å². The summed E-state index contributed by atoms with van der Waals surface area (Å²) in [4.78, 5) is 30.4. The molecule has 224 valence electrons. The molecule has 0 amide bonds. The fraction of sp³-hybridized carbons (Fsp3) is 0.625. The van der Waals surface area contributed by atoms with Crippen molar-refractivity contribution in [3.63, 3.8) is 0 Å². The summed E-state index contributed by atoms with van der Waals surface area (Å²) >= 11 is 0.590. The average molecular weight is 598 g/mol. The van der Waals surface area contributed by atoms with Crippen LogP contribution in [0.1, 0.15) is 70.6 Å². The van der Waals surface area contributed by atoms with Gasteiger partial charge in [-0.05, 0) is 110 Å². The lowest BCUT2D eigenvalue weighted by Gasteiger charge is -2.61. The molecule has 2 heterocycles. The fourth-order valence-corrected chi connectivity index (χ4v) is 10.3. The molecular weight excluding hydrogens is 560 g/mol. The first-order valence-corrected chi connectivity index (χ1v) is 16.1. The quantitative estimate of drug-likeness (QED) is 0.350. The Kier molecular flexibility index (Phi) is 6.52. The van der Waals surface area contributed by atoms with Crippen molar-refractivity contribution in [1.29, 1.82) is 0 Å². The summed E-state index contributed by atoms with van der Waals surface area (Å²) in [7, 11) is 0. The molecule has 4 fully saturated rings. The summed E-state index contributed by atoms with van der Waals surface area (Å²) in [5.41, 5.74) is 1.43. The highest BCUT2D eigenvalue weighted by Crippen LogP contribution is 2.69. The molecule has 4 saturated carbocycles. The zero-order valence-corrected chi connectivity index (χ0v) is 25.0. The number of halogens is 2. The molecule has 0 spiro atoms. The Morgan fingerprint density at radius 3 is 2.69 bits per heavy atom. The minimum atomic E-state index is -1.43. The highest BCUT2D eigenvalue weighted by molar-refractivity contribution is 8.13. The Hall–Kier alpha value is -2.59. The maximum Gasteiger partial charge on any atom is 0.309 e. The summed E-state index contributed by atoms with van der Waals surface area (Å²) < 4.78 is 35.0. The zero-order chi connectivity index (χ0) is 29.6. The van der Waals surface area contributed by atoms with Crippen LogP contribution in [0.15, 0.2) is 30.1 Å². The number of aliphatic hydroxyl groups excluding tert-OH is 1. The van der Waals surface area contributed by atoms with E-state index in [4.69, 9.17) is 4.74 Å². The number of rotatable bonds is 5. The van der Waals surface area contributed by atoms with Crippen molar-refractivity contribution in [2.45, 2.75) is 77.4 Å². The van der Waals surface area contributed by atoms with Crippen LogP contribution in [0.5, 0.6) is 0 Å². The van der Waals surface area contributed by atoms with Crippen molar-refractivity contribution < 1.29 is 28.2 Å². The normalized spacial score (nSPS) is 38.5. The van der Waals surface area contributed by atoms with Crippen molar-refractivity contribution in [2.75, 3.05) is 6.01 Å². The predicted octanol–water partition coefficient (Wildman–Crippen LogP) is 5.68. The lowest BCUT2D eigenvalue weighted by Crippen LogP contribution is -2.63.